The summed E-state index contributed by atoms with van der Waals surface area (Å²) in [5.74, 6) is 0.178. The smallest absolute Gasteiger partial charge is 0.336 e. The van der Waals surface area contributed by atoms with E-state index in [4.69, 9.17) is 9.47 Å². The zero-order valence-corrected chi connectivity index (χ0v) is 15.5. The Labute approximate surface area is 161 Å². The van der Waals surface area contributed by atoms with Crippen LogP contribution in [0.3, 0.4) is 0 Å². The quantitative estimate of drug-likeness (QED) is 0.448. The molecule has 1 aliphatic rings. The van der Waals surface area contributed by atoms with Gasteiger partial charge in [0.05, 0.1) is 12.9 Å². The number of methoxy groups -OCH3 is 1. The molecule has 0 spiro atoms. The maximum atomic E-state index is 12.0. The van der Waals surface area contributed by atoms with Crippen LogP contribution < -0.4 is 19.9 Å². The number of carboxylic acid groups (broad SMARTS) is 1. The van der Waals surface area contributed by atoms with Crippen molar-refractivity contribution in [2.45, 2.75) is 11.4 Å². The van der Waals surface area contributed by atoms with Crippen LogP contribution in [0.4, 0.5) is 0 Å². The van der Waals surface area contributed by atoms with Crippen molar-refractivity contribution >= 4 is 29.8 Å². The highest BCUT2D eigenvalue weighted by molar-refractivity contribution is 7.99. The van der Waals surface area contributed by atoms with Gasteiger partial charge in [0.15, 0.2) is 5.37 Å². The third kappa shape index (κ3) is 5.12. The minimum absolute atomic E-state index is 0.00705. The molecule has 0 amide bonds. The Hall–Kier alpha value is -2.77. The number of carboxylic acids is 1. The van der Waals surface area contributed by atoms with Gasteiger partial charge in [-0.2, -0.15) is 0 Å². The summed E-state index contributed by atoms with van der Waals surface area (Å²) in [7, 11) is 1.60. The summed E-state index contributed by atoms with van der Waals surface area (Å²) in [5, 5.41) is 12.7. The molecule has 0 bridgehead atoms. The Morgan fingerprint density at radius 1 is 1.11 bits per heavy atom. The Morgan fingerprint density at radius 3 is 2.37 bits per heavy atom. The third-order valence-corrected chi connectivity index (χ3v) is 5.46. The van der Waals surface area contributed by atoms with E-state index in [0.29, 0.717) is 11.5 Å². The number of hydrogen-bond acceptors (Lipinski definition) is 6. The van der Waals surface area contributed by atoms with E-state index < -0.39 is 18.0 Å². The molecule has 0 unspecified atom stereocenters. The Morgan fingerprint density at radius 2 is 1.78 bits per heavy atom. The monoisotopic (exact) mass is 385 g/mol. The molecule has 3 rings (SSSR count). The van der Waals surface area contributed by atoms with Crippen LogP contribution in [0.25, 0.3) is 6.08 Å². The second-order valence-electron chi connectivity index (χ2n) is 5.97. The van der Waals surface area contributed by atoms with Crippen molar-refractivity contribution in [3.8, 4) is 11.5 Å². The van der Waals surface area contributed by atoms with Crippen molar-refractivity contribution in [1.29, 1.82) is 0 Å². The van der Waals surface area contributed by atoms with Crippen molar-refractivity contribution in [3.05, 3.63) is 65.7 Å². The van der Waals surface area contributed by atoms with Gasteiger partial charge in [0.25, 0.3) is 0 Å². The van der Waals surface area contributed by atoms with Gasteiger partial charge in [-0.1, -0.05) is 23.9 Å². The number of carbonyl (C=O) groups excluding carboxylic acids is 2. The summed E-state index contributed by atoms with van der Waals surface area (Å²) < 4.78 is 10.4. The van der Waals surface area contributed by atoms with Gasteiger partial charge >= 0.3 is 5.97 Å². The van der Waals surface area contributed by atoms with Gasteiger partial charge in [-0.15, -0.1) is 0 Å². The lowest BCUT2D eigenvalue weighted by atomic mass is 10.2. The molecule has 0 saturated carbocycles. The molecule has 0 aliphatic carbocycles. The van der Waals surface area contributed by atoms with Gasteiger partial charge in [0.1, 0.15) is 23.5 Å². The molecule has 7 heteroatoms. The number of hydrogen-bond donors (Lipinski definition) is 1. The first-order chi connectivity index (χ1) is 13.0. The summed E-state index contributed by atoms with van der Waals surface area (Å²) in [5.41, 5.74) is 1.83. The molecule has 1 fully saturated rings. The number of thioether (sulfide) groups is 1. The van der Waals surface area contributed by atoms with Crippen molar-refractivity contribution in [3.63, 3.8) is 0 Å². The molecule has 2 aromatic carbocycles. The van der Waals surface area contributed by atoms with Gasteiger partial charge < -0.3 is 24.7 Å². The average Bonchev–Trinajstić information content (AvgIpc) is 3.18. The minimum atomic E-state index is -1.04. The first kappa shape index (κ1) is 19.0. The van der Waals surface area contributed by atoms with E-state index in [2.05, 4.69) is 0 Å². The second-order valence-corrected chi connectivity index (χ2v) is 7.14. The highest BCUT2D eigenvalue weighted by Gasteiger charge is 2.30. The van der Waals surface area contributed by atoms with Crippen LogP contribution in [0.2, 0.25) is 0 Å². The van der Waals surface area contributed by atoms with Crippen LogP contribution in [-0.4, -0.2) is 30.8 Å². The molecular weight excluding hydrogens is 366 g/mol. The van der Waals surface area contributed by atoms with E-state index >= 15 is 0 Å². The third-order valence-electron chi connectivity index (χ3n) is 4.12. The van der Waals surface area contributed by atoms with Gasteiger partial charge in [-0.25, -0.2) is 4.79 Å². The van der Waals surface area contributed by atoms with E-state index in [9.17, 15) is 14.7 Å². The minimum Gasteiger partial charge on any atom is -0.544 e. The summed E-state index contributed by atoms with van der Waals surface area (Å²) in [4.78, 5) is 22.9. The Bertz CT molecular complexity index is 832. The molecule has 6 nitrogen and oxygen atoms in total. The number of nitrogens with two attached hydrogens (primary N) is 1. The van der Waals surface area contributed by atoms with E-state index in [1.54, 1.807) is 42.4 Å². The molecule has 2 atom stereocenters. The normalized spacial score (nSPS) is 19.1. The van der Waals surface area contributed by atoms with Crippen LogP contribution >= 0.6 is 11.8 Å². The number of aliphatic carboxylic acids is 1. The maximum Gasteiger partial charge on any atom is 0.336 e. The first-order valence-electron chi connectivity index (χ1n) is 8.36. The molecule has 2 aromatic rings. The maximum absolute atomic E-state index is 12.0. The predicted octanol–water partition coefficient (Wildman–Crippen LogP) is 0.741. The standard InChI is InChI=1S/C20H19NO5S/c1-25-15-7-2-13(3-8-15)4-11-18(22)26-16-9-5-14(6-10-16)19-21-17(12-27-19)20(23)24/h2-11,17,19,21H,12H2,1H3,(H,23,24)/b11-4-/t17-,19-/m1/s1. The van der Waals surface area contributed by atoms with Gasteiger partial charge in [0.2, 0.25) is 0 Å². The summed E-state index contributed by atoms with van der Waals surface area (Å²) in [6.07, 6.45) is 3.03. The van der Waals surface area contributed by atoms with Gasteiger partial charge in [-0.3, -0.25) is 0 Å². The molecule has 1 heterocycles. The number of carbonyl (C=O) groups is 2. The van der Waals surface area contributed by atoms with Crippen molar-refractivity contribution in [1.82, 2.24) is 0 Å². The van der Waals surface area contributed by atoms with Crippen LogP contribution in [0, 0.1) is 0 Å². The molecule has 0 radical (unpaired) electrons. The molecule has 1 aliphatic heterocycles. The number of esters is 1. The molecule has 0 aromatic heterocycles. The Balaban J connectivity index is 1.55. The molecule has 1 saturated heterocycles. The van der Waals surface area contributed by atoms with Crippen molar-refractivity contribution < 1.29 is 29.5 Å². The predicted molar refractivity (Wildman–Crippen MR) is 100 cm³/mol. The summed E-state index contributed by atoms with van der Waals surface area (Å²) >= 11 is 1.56. The van der Waals surface area contributed by atoms with Crippen LogP contribution in [0.5, 0.6) is 11.5 Å². The SMILES string of the molecule is COc1ccc(/C=C\C(=O)Oc2ccc([C@@H]3[NH2+][C@@H](C(=O)[O-])CS3)cc2)cc1. The highest BCUT2D eigenvalue weighted by atomic mass is 32.2. The first-order valence-corrected chi connectivity index (χ1v) is 9.41. The molecule has 140 valence electrons. The number of quaternary nitrogens is 1. The van der Waals surface area contributed by atoms with Gasteiger partial charge in [0, 0.05) is 11.6 Å². The zero-order valence-electron chi connectivity index (χ0n) is 14.7. The van der Waals surface area contributed by atoms with E-state index in [1.807, 2.05) is 36.4 Å². The average molecular weight is 385 g/mol. The molecule has 27 heavy (non-hydrogen) atoms. The number of ether oxygens (including phenoxy) is 2. The lowest BCUT2D eigenvalue weighted by Gasteiger charge is -2.11. The number of rotatable bonds is 6. The van der Waals surface area contributed by atoms with Crippen molar-refractivity contribution in [2.24, 2.45) is 0 Å². The van der Waals surface area contributed by atoms with Crippen LogP contribution in [-0.2, 0) is 9.59 Å². The molecule has 2 N–H and O–H groups in total. The topological polar surface area (TPSA) is 92.3 Å². The van der Waals surface area contributed by atoms with E-state index in [0.717, 1.165) is 16.9 Å². The summed E-state index contributed by atoms with van der Waals surface area (Å²) in [6.45, 7) is 0. The molecular formula is C20H19NO5S. The zero-order chi connectivity index (χ0) is 19.2. The Kier molecular flexibility index (Phi) is 6.16. The van der Waals surface area contributed by atoms with Crippen molar-refractivity contribution in [2.75, 3.05) is 12.9 Å². The second kappa shape index (κ2) is 8.75. The highest BCUT2D eigenvalue weighted by Crippen LogP contribution is 2.28. The van der Waals surface area contributed by atoms with Crippen LogP contribution in [0.1, 0.15) is 16.5 Å². The number of benzene rings is 2. The lowest BCUT2D eigenvalue weighted by Crippen LogP contribution is -2.90. The fraction of sp³-hybridized carbons (Fsp3) is 0.200. The van der Waals surface area contributed by atoms with Gasteiger partial charge in [-0.05, 0) is 48.0 Å². The fourth-order valence-corrected chi connectivity index (χ4v) is 3.95. The summed E-state index contributed by atoms with van der Waals surface area (Å²) in [6, 6.07) is 13.9. The lowest BCUT2D eigenvalue weighted by molar-refractivity contribution is -0.690. The fourth-order valence-electron chi connectivity index (χ4n) is 2.64. The largest absolute Gasteiger partial charge is 0.544 e. The van der Waals surface area contributed by atoms with E-state index in [1.165, 1.54) is 6.08 Å². The van der Waals surface area contributed by atoms with Crippen LogP contribution in [0.15, 0.2) is 54.6 Å². The van der Waals surface area contributed by atoms with E-state index in [-0.39, 0.29) is 5.37 Å².